The standard InChI is InChI=1S/C9H11F3N2OS2/c1-4(15)6-5(13)7(16-2)8(17-6)14-3-9(10,11)12/h14H,3,13H2,1-2H3. The van der Waals surface area contributed by atoms with E-state index in [1.807, 2.05) is 0 Å². The summed E-state index contributed by atoms with van der Waals surface area (Å²) < 4.78 is 36.2. The van der Waals surface area contributed by atoms with Crippen LogP contribution in [0.3, 0.4) is 0 Å². The summed E-state index contributed by atoms with van der Waals surface area (Å²) in [6.45, 7) is 0.192. The van der Waals surface area contributed by atoms with Crippen LogP contribution in [0, 0.1) is 0 Å². The number of nitrogen functional groups attached to an aromatic ring is 1. The van der Waals surface area contributed by atoms with Crippen LogP contribution >= 0.6 is 23.1 Å². The van der Waals surface area contributed by atoms with Crippen LogP contribution in [-0.4, -0.2) is 24.8 Å². The number of rotatable bonds is 4. The molecule has 0 aliphatic rings. The average Bonchev–Trinajstić information content (AvgIpc) is 2.51. The Balaban J connectivity index is 2.99. The first kappa shape index (κ1) is 14.2. The van der Waals surface area contributed by atoms with E-state index in [4.69, 9.17) is 5.73 Å². The molecule has 96 valence electrons. The van der Waals surface area contributed by atoms with Gasteiger partial charge >= 0.3 is 6.18 Å². The van der Waals surface area contributed by atoms with E-state index in [-0.39, 0.29) is 16.5 Å². The number of halogens is 3. The van der Waals surface area contributed by atoms with Gasteiger partial charge < -0.3 is 11.1 Å². The molecule has 0 aliphatic carbocycles. The van der Waals surface area contributed by atoms with Crippen LogP contribution in [-0.2, 0) is 0 Å². The van der Waals surface area contributed by atoms with Crippen molar-refractivity contribution in [1.82, 2.24) is 0 Å². The molecule has 0 fully saturated rings. The highest BCUT2D eigenvalue weighted by Crippen LogP contribution is 2.42. The van der Waals surface area contributed by atoms with Crippen LogP contribution in [0.5, 0.6) is 0 Å². The molecule has 0 bridgehead atoms. The van der Waals surface area contributed by atoms with Gasteiger partial charge in [-0.3, -0.25) is 4.79 Å². The topological polar surface area (TPSA) is 55.1 Å². The van der Waals surface area contributed by atoms with E-state index in [9.17, 15) is 18.0 Å². The van der Waals surface area contributed by atoms with Gasteiger partial charge in [0.1, 0.15) is 11.5 Å². The van der Waals surface area contributed by atoms with Crippen LogP contribution < -0.4 is 11.1 Å². The van der Waals surface area contributed by atoms with E-state index in [2.05, 4.69) is 5.32 Å². The summed E-state index contributed by atoms with van der Waals surface area (Å²) >= 11 is 2.17. The van der Waals surface area contributed by atoms with Crippen molar-refractivity contribution < 1.29 is 18.0 Å². The minimum atomic E-state index is -4.30. The summed E-state index contributed by atoms with van der Waals surface area (Å²) in [7, 11) is 0. The van der Waals surface area contributed by atoms with Crippen LogP contribution in [0.1, 0.15) is 16.6 Å². The van der Waals surface area contributed by atoms with E-state index in [1.165, 1.54) is 18.7 Å². The van der Waals surface area contributed by atoms with Gasteiger partial charge in [0.05, 0.1) is 15.5 Å². The van der Waals surface area contributed by atoms with Crippen molar-refractivity contribution in [2.75, 3.05) is 23.9 Å². The van der Waals surface area contributed by atoms with Gasteiger partial charge in [-0.1, -0.05) is 0 Å². The molecule has 0 spiro atoms. The lowest BCUT2D eigenvalue weighted by Gasteiger charge is -2.08. The number of hydrogen-bond acceptors (Lipinski definition) is 5. The molecule has 0 unspecified atom stereocenters. The van der Waals surface area contributed by atoms with Gasteiger partial charge in [-0.15, -0.1) is 23.1 Å². The quantitative estimate of drug-likeness (QED) is 0.658. The van der Waals surface area contributed by atoms with Crippen LogP contribution in [0.15, 0.2) is 4.90 Å². The van der Waals surface area contributed by atoms with Crippen LogP contribution in [0.25, 0.3) is 0 Å². The molecule has 0 amide bonds. The smallest absolute Gasteiger partial charge is 0.396 e. The van der Waals surface area contributed by atoms with Crippen molar-refractivity contribution in [2.24, 2.45) is 0 Å². The maximum Gasteiger partial charge on any atom is 0.405 e. The predicted octanol–water partition coefficient (Wildman–Crippen LogP) is 3.23. The number of carbonyl (C=O) groups is 1. The van der Waals surface area contributed by atoms with E-state index < -0.39 is 12.7 Å². The number of carbonyl (C=O) groups excluding carboxylic acids is 1. The van der Waals surface area contributed by atoms with Crippen molar-refractivity contribution in [3.8, 4) is 0 Å². The fourth-order valence-electron chi connectivity index (χ4n) is 1.19. The summed E-state index contributed by atoms with van der Waals surface area (Å²) in [5.41, 5.74) is 5.95. The summed E-state index contributed by atoms with van der Waals surface area (Å²) in [6.07, 6.45) is -2.61. The highest BCUT2D eigenvalue weighted by Gasteiger charge is 2.28. The lowest BCUT2D eigenvalue weighted by molar-refractivity contribution is -0.115. The van der Waals surface area contributed by atoms with Crippen molar-refractivity contribution >= 4 is 39.6 Å². The number of nitrogens with two attached hydrogens (primary N) is 1. The first-order valence-corrected chi connectivity index (χ1v) is 6.58. The number of anilines is 2. The van der Waals surface area contributed by atoms with E-state index >= 15 is 0 Å². The Morgan fingerprint density at radius 2 is 2.12 bits per heavy atom. The Kier molecular flexibility index (Phi) is 4.31. The van der Waals surface area contributed by atoms with Crippen molar-refractivity contribution in [3.05, 3.63) is 4.88 Å². The molecular formula is C9H11F3N2OS2. The van der Waals surface area contributed by atoms with Crippen molar-refractivity contribution in [1.29, 1.82) is 0 Å². The summed E-state index contributed by atoms with van der Waals surface area (Å²) in [5, 5.41) is 2.55. The molecule has 0 radical (unpaired) electrons. The number of ketones is 1. The van der Waals surface area contributed by atoms with E-state index in [0.717, 1.165) is 11.3 Å². The highest BCUT2D eigenvalue weighted by atomic mass is 32.2. The van der Waals surface area contributed by atoms with Crippen molar-refractivity contribution in [2.45, 2.75) is 18.0 Å². The summed E-state index contributed by atoms with van der Waals surface area (Å²) in [4.78, 5) is 12.0. The fourth-order valence-corrected chi connectivity index (χ4v) is 3.12. The average molecular weight is 284 g/mol. The molecule has 1 aromatic rings. The largest absolute Gasteiger partial charge is 0.405 e. The molecule has 3 N–H and O–H groups in total. The third kappa shape index (κ3) is 3.53. The Labute approximate surface area is 105 Å². The molecule has 0 atom stereocenters. The highest BCUT2D eigenvalue weighted by molar-refractivity contribution is 7.99. The maximum atomic E-state index is 12.1. The van der Waals surface area contributed by atoms with Gasteiger partial charge in [-0.2, -0.15) is 13.2 Å². The van der Waals surface area contributed by atoms with Gasteiger partial charge in [0.15, 0.2) is 5.78 Å². The molecule has 3 nitrogen and oxygen atoms in total. The second-order valence-corrected chi connectivity index (χ2v) is 5.07. The first-order valence-electron chi connectivity index (χ1n) is 4.54. The third-order valence-corrected chi connectivity index (χ3v) is 4.10. The molecular weight excluding hydrogens is 273 g/mol. The number of hydrogen-bond donors (Lipinski definition) is 2. The monoisotopic (exact) mass is 284 g/mol. The number of thiophene rings is 1. The molecule has 0 saturated heterocycles. The molecule has 0 saturated carbocycles. The molecule has 0 aliphatic heterocycles. The molecule has 1 rings (SSSR count). The predicted molar refractivity (Wildman–Crippen MR) is 65.1 cm³/mol. The Bertz CT molecular complexity index is 429. The Morgan fingerprint density at radius 1 is 1.53 bits per heavy atom. The zero-order valence-electron chi connectivity index (χ0n) is 9.14. The number of nitrogens with one attached hydrogen (secondary N) is 1. The summed E-state index contributed by atoms with van der Waals surface area (Å²) in [5.74, 6) is -0.247. The lowest BCUT2D eigenvalue weighted by Crippen LogP contribution is -2.21. The first-order chi connectivity index (χ1) is 7.76. The summed E-state index contributed by atoms with van der Waals surface area (Å²) in [6, 6.07) is 0. The molecule has 0 aromatic carbocycles. The molecule has 1 heterocycles. The van der Waals surface area contributed by atoms with Gasteiger partial charge in [-0.25, -0.2) is 0 Å². The van der Waals surface area contributed by atoms with Crippen LogP contribution in [0.4, 0.5) is 23.9 Å². The van der Waals surface area contributed by atoms with Crippen molar-refractivity contribution in [3.63, 3.8) is 0 Å². The third-order valence-electron chi connectivity index (χ3n) is 1.87. The van der Waals surface area contributed by atoms with E-state index in [1.54, 1.807) is 6.26 Å². The zero-order valence-corrected chi connectivity index (χ0v) is 10.8. The Hall–Kier alpha value is -0.890. The van der Waals surface area contributed by atoms with Crippen LogP contribution in [0.2, 0.25) is 0 Å². The van der Waals surface area contributed by atoms with E-state index in [0.29, 0.717) is 9.77 Å². The fraction of sp³-hybridized carbons (Fsp3) is 0.444. The second kappa shape index (κ2) is 5.18. The normalized spacial score (nSPS) is 11.6. The number of thioether (sulfide) groups is 1. The zero-order chi connectivity index (χ0) is 13.2. The second-order valence-electron chi connectivity index (χ2n) is 3.23. The molecule has 1 aromatic heterocycles. The molecule has 17 heavy (non-hydrogen) atoms. The van der Waals surface area contributed by atoms with Gasteiger partial charge in [0.2, 0.25) is 0 Å². The Morgan fingerprint density at radius 3 is 2.53 bits per heavy atom. The number of Topliss-reactive ketones (excluding diaryl/α,β-unsaturated/α-hetero) is 1. The van der Waals surface area contributed by atoms with Gasteiger partial charge in [-0.05, 0) is 6.26 Å². The minimum absolute atomic E-state index is 0.247. The molecule has 8 heteroatoms. The minimum Gasteiger partial charge on any atom is -0.396 e. The maximum absolute atomic E-state index is 12.1. The SMILES string of the molecule is CSc1c(NCC(F)(F)F)sc(C(C)=O)c1N. The number of alkyl halides is 3. The van der Waals surface area contributed by atoms with Gasteiger partial charge in [0.25, 0.3) is 0 Å². The van der Waals surface area contributed by atoms with Gasteiger partial charge in [0, 0.05) is 6.92 Å². The lowest BCUT2D eigenvalue weighted by atomic mass is 10.3.